The third kappa shape index (κ3) is 4.83. The Morgan fingerprint density at radius 2 is 1.79 bits per heavy atom. The molecule has 0 amide bonds. The first-order valence-corrected chi connectivity index (χ1v) is 8.25. The van der Waals surface area contributed by atoms with Gasteiger partial charge in [0.2, 0.25) is 0 Å². The van der Waals surface area contributed by atoms with E-state index in [1.54, 1.807) is 0 Å². The molecule has 2 heteroatoms. The summed E-state index contributed by atoms with van der Waals surface area (Å²) in [7, 11) is -1.51. The number of hydrogen-bond donors (Lipinski definition) is 0. The molecule has 0 spiro atoms. The van der Waals surface area contributed by atoms with Crippen molar-refractivity contribution < 1.29 is 4.43 Å². The summed E-state index contributed by atoms with van der Waals surface area (Å²) in [5.74, 6) is 5.96. The minimum absolute atomic E-state index is 0.323. The highest BCUT2D eigenvalue weighted by Crippen LogP contribution is 2.36. The van der Waals surface area contributed by atoms with Gasteiger partial charge in [-0.3, -0.25) is 0 Å². The van der Waals surface area contributed by atoms with Crippen LogP contribution in [0.1, 0.15) is 40.5 Å². The lowest BCUT2D eigenvalue weighted by molar-refractivity contribution is 0.284. The van der Waals surface area contributed by atoms with Crippen LogP contribution in [0.5, 0.6) is 0 Å². The standard InChI is InChI=1S/C12H24OSi/c1-7-8-9-10-11-13-14(5,6)12(2,3)4/h9-11H2,1-6H3. The maximum atomic E-state index is 6.01. The molecule has 0 saturated carbocycles. The zero-order chi connectivity index (χ0) is 11.2. The van der Waals surface area contributed by atoms with E-state index in [2.05, 4.69) is 45.7 Å². The molecule has 0 bridgehead atoms. The van der Waals surface area contributed by atoms with Crippen LogP contribution in [0.15, 0.2) is 0 Å². The molecule has 0 fully saturated rings. The van der Waals surface area contributed by atoms with Gasteiger partial charge in [-0.05, 0) is 31.5 Å². The monoisotopic (exact) mass is 212 g/mol. The Bertz CT molecular complexity index is 215. The Balaban J connectivity index is 3.81. The van der Waals surface area contributed by atoms with Gasteiger partial charge in [0.1, 0.15) is 0 Å². The van der Waals surface area contributed by atoms with Gasteiger partial charge in [-0.1, -0.05) is 20.8 Å². The van der Waals surface area contributed by atoms with Crippen LogP contribution < -0.4 is 0 Å². The molecule has 0 aromatic rings. The van der Waals surface area contributed by atoms with Gasteiger partial charge in [0.15, 0.2) is 8.32 Å². The van der Waals surface area contributed by atoms with Crippen LogP contribution in [-0.2, 0) is 4.43 Å². The van der Waals surface area contributed by atoms with Crippen molar-refractivity contribution in [3.05, 3.63) is 0 Å². The van der Waals surface area contributed by atoms with E-state index in [1.165, 1.54) is 0 Å². The average molecular weight is 212 g/mol. The third-order valence-corrected chi connectivity index (χ3v) is 7.43. The summed E-state index contributed by atoms with van der Waals surface area (Å²) >= 11 is 0. The van der Waals surface area contributed by atoms with E-state index in [1.807, 2.05) is 6.92 Å². The molecule has 0 aromatic carbocycles. The Kier molecular flexibility index (Phi) is 5.47. The van der Waals surface area contributed by atoms with E-state index in [0.29, 0.717) is 5.04 Å². The lowest BCUT2D eigenvalue weighted by atomic mass is 10.2. The highest BCUT2D eigenvalue weighted by atomic mass is 28.4. The Morgan fingerprint density at radius 3 is 2.21 bits per heavy atom. The van der Waals surface area contributed by atoms with Crippen LogP contribution in [0.3, 0.4) is 0 Å². The molecular formula is C12H24OSi. The predicted molar refractivity (Wildman–Crippen MR) is 65.8 cm³/mol. The minimum Gasteiger partial charge on any atom is -0.417 e. The van der Waals surface area contributed by atoms with Crippen LogP contribution in [0.25, 0.3) is 0 Å². The lowest BCUT2D eigenvalue weighted by Gasteiger charge is -2.36. The first-order valence-electron chi connectivity index (χ1n) is 5.35. The zero-order valence-corrected chi connectivity index (χ0v) is 11.5. The summed E-state index contributed by atoms with van der Waals surface area (Å²) in [5, 5.41) is 0.323. The summed E-state index contributed by atoms with van der Waals surface area (Å²) in [6.45, 7) is 14.1. The summed E-state index contributed by atoms with van der Waals surface area (Å²) in [6.07, 6.45) is 2.03. The number of hydrogen-bond acceptors (Lipinski definition) is 1. The van der Waals surface area contributed by atoms with Gasteiger partial charge < -0.3 is 4.43 Å². The molecule has 0 aliphatic rings. The van der Waals surface area contributed by atoms with Gasteiger partial charge in [0, 0.05) is 13.0 Å². The molecule has 0 aliphatic heterocycles. The van der Waals surface area contributed by atoms with Gasteiger partial charge in [0.05, 0.1) is 0 Å². The summed E-state index contributed by atoms with van der Waals surface area (Å²) in [4.78, 5) is 0. The van der Waals surface area contributed by atoms with Crippen molar-refractivity contribution in [3.8, 4) is 11.8 Å². The molecule has 0 atom stereocenters. The van der Waals surface area contributed by atoms with Crippen molar-refractivity contribution in [2.45, 2.75) is 58.7 Å². The fourth-order valence-electron chi connectivity index (χ4n) is 0.829. The quantitative estimate of drug-likeness (QED) is 0.391. The summed E-state index contributed by atoms with van der Waals surface area (Å²) < 4.78 is 6.01. The van der Waals surface area contributed by atoms with Gasteiger partial charge in [-0.2, -0.15) is 0 Å². The highest BCUT2D eigenvalue weighted by Gasteiger charge is 2.36. The molecule has 82 valence electrons. The van der Waals surface area contributed by atoms with Crippen molar-refractivity contribution in [2.24, 2.45) is 0 Å². The average Bonchev–Trinajstić information content (AvgIpc) is 2.02. The van der Waals surface area contributed by atoms with Crippen molar-refractivity contribution >= 4 is 8.32 Å². The maximum absolute atomic E-state index is 6.01. The summed E-state index contributed by atoms with van der Waals surface area (Å²) in [6, 6.07) is 0. The Labute approximate surface area is 90.4 Å². The van der Waals surface area contributed by atoms with E-state index in [9.17, 15) is 0 Å². The Hall–Kier alpha value is -0.263. The van der Waals surface area contributed by atoms with Crippen LogP contribution in [0.4, 0.5) is 0 Å². The SMILES string of the molecule is CC#CCCCO[Si](C)(C)C(C)(C)C. The van der Waals surface area contributed by atoms with Crippen LogP contribution >= 0.6 is 0 Å². The second-order valence-electron chi connectivity index (χ2n) is 5.14. The molecule has 0 unspecified atom stereocenters. The smallest absolute Gasteiger partial charge is 0.191 e. The third-order valence-electron chi connectivity index (χ3n) is 2.89. The molecular weight excluding hydrogens is 188 g/mol. The molecule has 0 aromatic heterocycles. The van der Waals surface area contributed by atoms with E-state index >= 15 is 0 Å². The summed E-state index contributed by atoms with van der Waals surface area (Å²) in [5.41, 5.74) is 0. The second-order valence-corrected chi connectivity index (χ2v) is 9.95. The zero-order valence-electron chi connectivity index (χ0n) is 10.5. The minimum atomic E-state index is -1.51. The van der Waals surface area contributed by atoms with Gasteiger partial charge in [0.25, 0.3) is 0 Å². The number of rotatable bonds is 4. The first-order chi connectivity index (χ1) is 6.31. The molecule has 0 radical (unpaired) electrons. The van der Waals surface area contributed by atoms with Crippen molar-refractivity contribution in [1.29, 1.82) is 0 Å². The van der Waals surface area contributed by atoms with E-state index in [-0.39, 0.29) is 0 Å². The van der Waals surface area contributed by atoms with E-state index in [0.717, 1.165) is 19.4 Å². The predicted octanol–water partition coefficient (Wildman–Crippen LogP) is 3.81. The first kappa shape index (κ1) is 13.7. The molecule has 0 N–H and O–H groups in total. The van der Waals surface area contributed by atoms with E-state index < -0.39 is 8.32 Å². The normalized spacial score (nSPS) is 12.1. The van der Waals surface area contributed by atoms with Crippen LogP contribution in [0, 0.1) is 11.8 Å². The molecule has 0 heterocycles. The molecule has 1 nitrogen and oxygen atoms in total. The van der Waals surface area contributed by atoms with Crippen molar-refractivity contribution in [1.82, 2.24) is 0 Å². The van der Waals surface area contributed by atoms with E-state index in [4.69, 9.17) is 4.43 Å². The largest absolute Gasteiger partial charge is 0.417 e. The fraction of sp³-hybridized carbons (Fsp3) is 0.833. The second kappa shape index (κ2) is 5.58. The Morgan fingerprint density at radius 1 is 1.21 bits per heavy atom. The highest BCUT2D eigenvalue weighted by molar-refractivity contribution is 6.74. The fourth-order valence-corrected chi connectivity index (χ4v) is 1.92. The van der Waals surface area contributed by atoms with Gasteiger partial charge >= 0.3 is 0 Å². The van der Waals surface area contributed by atoms with Crippen LogP contribution in [0.2, 0.25) is 18.1 Å². The molecule has 0 aliphatic carbocycles. The maximum Gasteiger partial charge on any atom is 0.191 e. The number of unbranched alkanes of at least 4 members (excludes halogenated alkanes) is 1. The lowest BCUT2D eigenvalue weighted by Crippen LogP contribution is -2.40. The van der Waals surface area contributed by atoms with Gasteiger partial charge in [-0.15, -0.1) is 11.8 Å². The molecule has 14 heavy (non-hydrogen) atoms. The molecule has 0 rings (SSSR count). The van der Waals surface area contributed by atoms with Crippen LogP contribution in [-0.4, -0.2) is 14.9 Å². The topological polar surface area (TPSA) is 9.23 Å². The molecule has 0 saturated heterocycles. The van der Waals surface area contributed by atoms with Crippen molar-refractivity contribution in [3.63, 3.8) is 0 Å². The van der Waals surface area contributed by atoms with Crippen molar-refractivity contribution in [2.75, 3.05) is 6.61 Å². The van der Waals surface area contributed by atoms with Gasteiger partial charge in [-0.25, -0.2) is 0 Å².